The monoisotopic (exact) mass is 300 g/mol. The Morgan fingerprint density at radius 1 is 1.71 bits per heavy atom. The summed E-state index contributed by atoms with van der Waals surface area (Å²) >= 11 is 3.40. The van der Waals surface area contributed by atoms with Crippen LogP contribution in [0.15, 0.2) is 16.7 Å². The molecule has 94 valence electrons. The average Bonchev–Trinajstić information content (AvgIpc) is 3.09. The van der Waals surface area contributed by atoms with Crippen LogP contribution in [0.2, 0.25) is 0 Å². The summed E-state index contributed by atoms with van der Waals surface area (Å²) in [6.07, 6.45) is 4.25. The molecule has 0 radical (unpaired) electrons. The van der Waals surface area contributed by atoms with Crippen LogP contribution < -0.4 is 5.32 Å². The van der Waals surface area contributed by atoms with Gasteiger partial charge < -0.3 is 15.0 Å². The number of aliphatic hydroxyl groups is 1. The largest absolute Gasteiger partial charge is 0.396 e. The first-order valence-electron chi connectivity index (χ1n) is 5.88. The number of hydrogen-bond acceptors (Lipinski definition) is 2. The van der Waals surface area contributed by atoms with Gasteiger partial charge in [0.15, 0.2) is 0 Å². The maximum Gasteiger partial charge on any atom is 0.267 e. The normalized spacial score (nSPS) is 16.9. The summed E-state index contributed by atoms with van der Waals surface area (Å²) < 4.78 is 2.97. The van der Waals surface area contributed by atoms with Crippen molar-refractivity contribution in [1.29, 1.82) is 0 Å². The molecule has 5 heteroatoms. The Balaban J connectivity index is 2.03. The fourth-order valence-corrected chi connectivity index (χ4v) is 2.14. The van der Waals surface area contributed by atoms with Crippen molar-refractivity contribution in [1.82, 2.24) is 9.88 Å². The Labute approximate surface area is 109 Å². The first-order valence-corrected chi connectivity index (χ1v) is 6.67. The third-order valence-electron chi connectivity index (χ3n) is 2.91. The van der Waals surface area contributed by atoms with Gasteiger partial charge in [-0.3, -0.25) is 4.79 Å². The molecule has 1 aliphatic carbocycles. The molecule has 0 aliphatic heterocycles. The van der Waals surface area contributed by atoms with Crippen molar-refractivity contribution < 1.29 is 9.90 Å². The molecule has 1 aliphatic rings. The van der Waals surface area contributed by atoms with Gasteiger partial charge in [-0.2, -0.15) is 0 Å². The number of amides is 1. The summed E-state index contributed by atoms with van der Waals surface area (Å²) in [6, 6.07) is 2.33. The molecule has 1 heterocycles. The van der Waals surface area contributed by atoms with Crippen molar-refractivity contribution in [2.24, 2.45) is 5.92 Å². The summed E-state index contributed by atoms with van der Waals surface area (Å²) in [4.78, 5) is 12.0. The number of nitrogens with zero attached hydrogens (tertiary/aromatic N) is 1. The second-order valence-corrected chi connectivity index (χ2v) is 5.60. The number of halogens is 1. The summed E-state index contributed by atoms with van der Waals surface area (Å²) in [5.41, 5.74) is 0.699. The molecule has 0 aromatic carbocycles. The van der Waals surface area contributed by atoms with Crippen molar-refractivity contribution in [3.8, 4) is 0 Å². The molecule has 1 fully saturated rings. The molecule has 1 unspecified atom stereocenters. The van der Waals surface area contributed by atoms with Crippen LogP contribution in [0.3, 0.4) is 0 Å². The first-order chi connectivity index (χ1) is 8.11. The molecule has 1 aromatic rings. The molecule has 1 amide bonds. The Morgan fingerprint density at radius 3 is 3.00 bits per heavy atom. The zero-order chi connectivity index (χ0) is 12.4. The molecule has 1 saturated carbocycles. The van der Waals surface area contributed by atoms with E-state index in [1.54, 1.807) is 0 Å². The van der Waals surface area contributed by atoms with Gasteiger partial charge in [-0.1, -0.05) is 6.92 Å². The van der Waals surface area contributed by atoms with Crippen molar-refractivity contribution in [3.63, 3.8) is 0 Å². The zero-order valence-corrected chi connectivity index (χ0v) is 11.4. The molecule has 2 N–H and O–H groups in total. The number of nitrogens with one attached hydrogen (secondary N) is 1. The van der Waals surface area contributed by atoms with Crippen LogP contribution in [-0.2, 0) is 0 Å². The third kappa shape index (κ3) is 3.10. The minimum atomic E-state index is -0.0668. The smallest absolute Gasteiger partial charge is 0.267 e. The summed E-state index contributed by atoms with van der Waals surface area (Å²) in [6.45, 7) is 2.49. The van der Waals surface area contributed by atoms with Crippen LogP contribution in [0, 0.1) is 5.92 Å². The van der Waals surface area contributed by atoms with E-state index >= 15 is 0 Å². The highest BCUT2D eigenvalue weighted by molar-refractivity contribution is 9.10. The van der Waals surface area contributed by atoms with Gasteiger partial charge in [-0.05, 0) is 40.8 Å². The SMILES string of the molecule is CC(CO)CNC(=O)c1cc(Br)cn1C1CC1. The second kappa shape index (κ2) is 5.23. The summed E-state index contributed by atoms with van der Waals surface area (Å²) in [5.74, 6) is 0.0228. The van der Waals surface area contributed by atoms with Gasteiger partial charge in [0.25, 0.3) is 5.91 Å². The molecule has 2 rings (SSSR count). The maximum absolute atomic E-state index is 12.0. The number of carbonyl (C=O) groups excluding carboxylic acids is 1. The van der Waals surface area contributed by atoms with E-state index in [4.69, 9.17) is 5.11 Å². The number of aromatic nitrogens is 1. The van der Waals surface area contributed by atoms with E-state index in [2.05, 4.69) is 21.2 Å². The van der Waals surface area contributed by atoms with Crippen molar-refractivity contribution in [2.75, 3.05) is 13.2 Å². The van der Waals surface area contributed by atoms with Crippen LogP contribution >= 0.6 is 15.9 Å². The van der Waals surface area contributed by atoms with Gasteiger partial charge in [0.05, 0.1) is 0 Å². The molecular formula is C12H17BrN2O2. The van der Waals surface area contributed by atoms with Crippen molar-refractivity contribution in [2.45, 2.75) is 25.8 Å². The van der Waals surface area contributed by atoms with Gasteiger partial charge in [-0.15, -0.1) is 0 Å². The van der Waals surface area contributed by atoms with Crippen LogP contribution in [0.4, 0.5) is 0 Å². The second-order valence-electron chi connectivity index (χ2n) is 4.68. The van der Waals surface area contributed by atoms with Crippen LogP contribution in [0.1, 0.15) is 36.3 Å². The average molecular weight is 301 g/mol. The van der Waals surface area contributed by atoms with Crippen LogP contribution in [-0.4, -0.2) is 28.7 Å². The van der Waals surface area contributed by atoms with Gasteiger partial charge in [0, 0.05) is 29.9 Å². The molecule has 17 heavy (non-hydrogen) atoms. The maximum atomic E-state index is 12.0. The van der Waals surface area contributed by atoms with E-state index in [0.29, 0.717) is 18.3 Å². The lowest BCUT2D eigenvalue weighted by molar-refractivity contribution is 0.0933. The lowest BCUT2D eigenvalue weighted by Gasteiger charge is -2.11. The van der Waals surface area contributed by atoms with E-state index in [1.165, 1.54) is 0 Å². The number of hydrogen-bond donors (Lipinski definition) is 2. The topological polar surface area (TPSA) is 54.3 Å². The van der Waals surface area contributed by atoms with Crippen LogP contribution in [0.25, 0.3) is 0 Å². The first kappa shape index (κ1) is 12.6. The highest BCUT2D eigenvalue weighted by Crippen LogP contribution is 2.37. The Morgan fingerprint density at radius 2 is 2.41 bits per heavy atom. The Kier molecular flexibility index (Phi) is 3.89. The summed E-state index contributed by atoms with van der Waals surface area (Å²) in [7, 11) is 0. The van der Waals surface area contributed by atoms with E-state index in [0.717, 1.165) is 17.3 Å². The Hall–Kier alpha value is -0.810. The predicted molar refractivity (Wildman–Crippen MR) is 69.0 cm³/mol. The quantitative estimate of drug-likeness (QED) is 0.873. The van der Waals surface area contributed by atoms with Crippen LogP contribution in [0.5, 0.6) is 0 Å². The van der Waals surface area contributed by atoms with Gasteiger partial charge in [0.2, 0.25) is 0 Å². The van der Waals surface area contributed by atoms with E-state index < -0.39 is 0 Å². The Bertz CT molecular complexity index is 413. The van der Waals surface area contributed by atoms with E-state index in [1.807, 2.05) is 23.8 Å². The minimum absolute atomic E-state index is 0.0668. The predicted octanol–water partition coefficient (Wildman–Crippen LogP) is 1.94. The fraction of sp³-hybridized carbons (Fsp3) is 0.583. The van der Waals surface area contributed by atoms with E-state index in [-0.39, 0.29) is 18.4 Å². The van der Waals surface area contributed by atoms with Gasteiger partial charge in [-0.25, -0.2) is 0 Å². The number of rotatable bonds is 5. The van der Waals surface area contributed by atoms with Gasteiger partial charge in [0.1, 0.15) is 5.69 Å². The minimum Gasteiger partial charge on any atom is -0.396 e. The molecule has 4 nitrogen and oxygen atoms in total. The molecule has 0 saturated heterocycles. The summed E-state index contributed by atoms with van der Waals surface area (Å²) in [5, 5.41) is 11.8. The number of aliphatic hydroxyl groups excluding tert-OH is 1. The highest BCUT2D eigenvalue weighted by atomic mass is 79.9. The lowest BCUT2D eigenvalue weighted by Crippen LogP contribution is -2.30. The molecule has 0 spiro atoms. The van der Waals surface area contributed by atoms with Gasteiger partial charge >= 0.3 is 0 Å². The molecule has 1 atom stereocenters. The van der Waals surface area contributed by atoms with Crippen molar-refractivity contribution in [3.05, 3.63) is 22.4 Å². The number of carbonyl (C=O) groups is 1. The van der Waals surface area contributed by atoms with Crippen molar-refractivity contribution >= 4 is 21.8 Å². The molecule has 1 aromatic heterocycles. The van der Waals surface area contributed by atoms with E-state index in [9.17, 15) is 4.79 Å². The zero-order valence-electron chi connectivity index (χ0n) is 9.82. The molecule has 0 bridgehead atoms. The third-order valence-corrected chi connectivity index (χ3v) is 3.34. The fourth-order valence-electron chi connectivity index (χ4n) is 1.70. The standard InChI is InChI=1S/C12H17BrN2O2/c1-8(7-16)5-14-12(17)11-4-9(13)6-15(11)10-2-3-10/h4,6,8,10,16H,2-3,5,7H2,1H3,(H,14,17). The molecular weight excluding hydrogens is 284 g/mol. The highest BCUT2D eigenvalue weighted by Gasteiger charge is 2.27. The lowest BCUT2D eigenvalue weighted by atomic mass is 10.2.